The number of carboxylic acids is 1. The molecule has 0 atom stereocenters. The lowest BCUT2D eigenvalue weighted by atomic mass is 9.77. The van der Waals surface area contributed by atoms with Crippen molar-refractivity contribution in [3.63, 3.8) is 0 Å². The number of nitrogens with one attached hydrogen (secondary N) is 2. The first kappa shape index (κ1) is 18.8. The van der Waals surface area contributed by atoms with Crippen molar-refractivity contribution in [1.29, 1.82) is 0 Å². The summed E-state index contributed by atoms with van der Waals surface area (Å²) in [6.45, 7) is 1.58. The van der Waals surface area contributed by atoms with Crippen LogP contribution < -0.4 is 15.4 Å². The summed E-state index contributed by atoms with van der Waals surface area (Å²) >= 11 is 0. The van der Waals surface area contributed by atoms with Crippen molar-refractivity contribution in [3.8, 4) is 5.75 Å². The molecule has 25 heavy (non-hydrogen) atoms. The Hall–Kier alpha value is -2.57. The van der Waals surface area contributed by atoms with E-state index in [1.807, 2.05) is 6.07 Å². The van der Waals surface area contributed by atoms with Gasteiger partial charge in [0.05, 0.1) is 6.54 Å². The Kier molecular flexibility index (Phi) is 6.38. The zero-order valence-corrected chi connectivity index (χ0v) is 14.3. The van der Waals surface area contributed by atoms with Gasteiger partial charge in [-0.25, -0.2) is 4.79 Å². The van der Waals surface area contributed by atoms with Crippen molar-refractivity contribution in [2.45, 2.75) is 38.1 Å². The first-order valence-electron chi connectivity index (χ1n) is 8.40. The molecule has 136 valence electrons. The topological polar surface area (TPSA) is 105 Å². The summed E-state index contributed by atoms with van der Waals surface area (Å²) in [4.78, 5) is 35.4. The van der Waals surface area contributed by atoms with E-state index in [4.69, 9.17) is 4.74 Å². The number of benzene rings is 1. The van der Waals surface area contributed by atoms with Gasteiger partial charge in [-0.2, -0.15) is 0 Å². The molecule has 0 bridgehead atoms. The van der Waals surface area contributed by atoms with Crippen LogP contribution >= 0.6 is 0 Å². The molecule has 0 radical (unpaired) electrons. The molecule has 2 amide bonds. The molecule has 1 aliphatic rings. The Labute approximate surface area is 146 Å². The van der Waals surface area contributed by atoms with Crippen LogP contribution in [-0.2, 0) is 14.4 Å². The van der Waals surface area contributed by atoms with Gasteiger partial charge < -0.3 is 20.5 Å². The first-order chi connectivity index (χ1) is 11.9. The Morgan fingerprint density at radius 2 is 1.80 bits per heavy atom. The summed E-state index contributed by atoms with van der Waals surface area (Å²) in [7, 11) is 0. The molecule has 0 heterocycles. The average Bonchev–Trinajstić information content (AvgIpc) is 2.61. The van der Waals surface area contributed by atoms with E-state index in [2.05, 4.69) is 17.6 Å². The van der Waals surface area contributed by atoms with Gasteiger partial charge >= 0.3 is 5.97 Å². The molecule has 0 saturated heterocycles. The van der Waals surface area contributed by atoms with Crippen molar-refractivity contribution in [1.82, 2.24) is 10.6 Å². The number of para-hydroxylation sites is 1. The summed E-state index contributed by atoms with van der Waals surface area (Å²) in [6, 6.07) is 8.86. The summed E-state index contributed by atoms with van der Waals surface area (Å²) in [5.74, 6) is -0.959. The fourth-order valence-corrected chi connectivity index (χ4v) is 2.85. The predicted molar refractivity (Wildman–Crippen MR) is 91.1 cm³/mol. The number of ether oxygens (including phenoxy) is 1. The zero-order chi connectivity index (χ0) is 18.3. The normalized spacial score (nSPS) is 22.7. The molecule has 1 aromatic rings. The number of carboxylic acid groups (broad SMARTS) is 1. The fourth-order valence-electron chi connectivity index (χ4n) is 2.85. The van der Waals surface area contributed by atoms with E-state index in [1.54, 1.807) is 24.3 Å². The van der Waals surface area contributed by atoms with E-state index in [0.717, 1.165) is 12.8 Å². The van der Waals surface area contributed by atoms with Crippen LogP contribution in [0.1, 0.15) is 32.6 Å². The molecule has 7 nitrogen and oxygen atoms in total. The third-order valence-corrected chi connectivity index (χ3v) is 4.48. The molecule has 1 aromatic carbocycles. The number of hydrogen-bond acceptors (Lipinski definition) is 4. The second-order valence-corrected chi connectivity index (χ2v) is 6.50. The Morgan fingerprint density at radius 1 is 1.16 bits per heavy atom. The molecule has 1 aliphatic carbocycles. The van der Waals surface area contributed by atoms with Gasteiger partial charge in [0.2, 0.25) is 5.91 Å². The maximum absolute atomic E-state index is 12.1. The van der Waals surface area contributed by atoms with Crippen LogP contribution in [0.25, 0.3) is 0 Å². The van der Waals surface area contributed by atoms with Crippen molar-refractivity contribution < 1.29 is 24.2 Å². The van der Waals surface area contributed by atoms with Crippen LogP contribution in [0.5, 0.6) is 5.75 Å². The van der Waals surface area contributed by atoms with Crippen LogP contribution in [0.2, 0.25) is 0 Å². The van der Waals surface area contributed by atoms with Crippen LogP contribution in [-0.4, -0.2) is 41.6 Å². The van der Waals surface area contributed by atoms with Crippen molar-refractivity contribution in [2.24, 2.45) is 5.92 Å². The Bertz CT molecular complexity index is 609. The molecule has 2 rings (SSSR count). The molecule has 0 unspecified atom stereocenters. The quantitative estimate of drug-likeness (QED) is 0.689. The minimum absolute atomic E-state index is 0.209. The summed E-state index contributed by atoms with van der Waals surface area (Å²) in [5, 5.41) is 14.5. The van der Waals surface area contributed by atoms with Gasteiger partial charge in [-0.3, -0.25) is 9.59 Å². The molecule has 0 aromatic heterocycles. The molecular weight excluding hydrogens is 324 g/mol. The van der Waals surface area contributed by atoms with Gasteiger partial charge in [-0.1, -0.05) is 25.1 Å². The molecule has 0 spiro atoms. The second-order valence-electron chi connectivity index (χ2n) is 6.50. The van der Waals surface area contributed by atoms with Gasteiger partial charge in [0.1, 0.15) is 11.3 Å². The summed E-state index contributed by atoms with van der Waals surface area (Å²) < 4.78 is 5.28. The van der Waals surface area contributed by atoms with Crippen molar-refractivity contribution >= 4 is 17.8 Å². The molecule has 7 heteroatoms. The average molecular weight is 348 g/mol. The lowest BCUT2D eigenvalue weighted by Gasteiger charge is -2.36. The highest BCUT2D eigenvalue weighted by Gasteiger charge is 2.42. The first-order valence-corrected chi connectivity index (χ1v) is 8.40. The largest absolute Gasteiger partial charge is 0.484 e. The molecule has 1 saturated carbocycles. The predicted octanol–water partition coefficient (Wildman–Crippen LogP) is 1.33. The number of rotatable bonds is 7. The van der Waals surface area contributed by atoms with Gasteiger partial charge in [0, 0.05) is 0 Å². The minimum atomic E-state index is -1.23. The third-order valence-electron chi connectivity index (χ3n) is 4.48. The van der Waals surface area contributed by atoms with E-state index in [1.165, 1.54) is 0 Å². The number of amides is 2. The molecule has 3 N–H and O–H groups in total. The van der Waals surface area contributed by atoms with Gasteiger partial charge in [-0.05, 0) is 43.7 Å². The molecule has 1 fully saturated rings. The number of carbonyl (C=O) groups is 3. The maximum Gasteiger partial charge on any atom is 0.329 e. The van der Waals surface area contributed by atoms with Crippen LogP contribution in [0.3, 0.4) is 0 Å². The highest BCUT2D eigenvalue weighted by atomic mass is 16.5. The molecular formula is C18H24N2O5. The van der Waals surface area contributed by atoms with Crippen molar-refractivity contribution in [3.05, 3.63) is 30.3 Å². The van der Waals surface area contributed by atoms with Gasteiger partial charge in [-0.15, -0.1) is 0 Å². The SMILES string of the molecule is CC1CCC(NC(=O)CNC(=O)COc2ccccc2)(C(=O)O)CC1. The Morgan fingerprint density at radius 3 is 2.40 bits per heavy atom. The minimum Gasteiger partial charge on any atom is -0.484 e. The van der Waals surface area contributed by atoms with Crippen LogP contribution in [0.15, 0.2) is 30.3 Å². The second kappa shape index (κ2) is 8.50. The highest BCUT2D eigenvalue weighted by Crippen LogP contribution is 2.32. The smallest absolute Gasteiger partial charge is 0.329 e. The van der Waals surface area contributed by atoms with E-state index < -0.39 is 23.3 Å². The summed E-state index contributed by atoms with van der Waals surface area (Å²) in [5.41, 5.74) is -1.23. The lowest BCUT2D eigenvalue weighted by Crippen LogP contribution is -2.58. The third kappa shape index (κ3) is 5.48. The standard InChI is InChI=1S/C18H24N2O5/c1-13-7-9-18(10-8-13,17(23)24)20-15(21)11-19-16(22)12-25-14-5-3-2-4-6-14/h2-6,13H,7-12H2,1H3,(H,19,22)(H,20,21)(H,23,24). The van der Waals surface area contributed by atoms with Crippen LogP contribution in [0, 0.1) is 5.92 Å². The van der Waals surface area contributed by atoms with Crippen molar-refractivity contribution in [2.75, 3.05) is 13.2 Å². The lowest BCUT2D eigenvalue weighted by molar-refractivity contribution is -0.149. The zero-order valence-electron chi connectivity index (χ0n) is 14.3. The van der Waals surface area contributed by atoms with E-state index >= 15 is 0 Å². The highest BCUT2D eigenvalue weighted by molar-refractivity contribution is 5.90. The molecule has 0 aliphatic heterocycles. The van der Waals surface area contributed by atoms with E-state index in [0.29, 0.717) is 24.5 Å². The fraction of sp³-hybridized carbons (Fsp3) is 0.500. The Balaban J connectivity index is 1.77. The van der Waals surface area contributed by atoms with Gasteiger partial charge in [0.25, 0.3) is 5.91 Å². The van der Waals surface area contributed by atoms with E-state index in [9.17, 15) is 19.5 Å². The number of hydrogen-bond donors (Lipinski definition) is 3. The summed E-state index contributed by atoms with van der Waals surface area (Å²) in [6.07, 6.45) is 2.31. The number of aliphatic carboxylic acids is 1. The number of carbonyl (C=O) groups excluding carboxylic acids is 2. The monoisotopic (exact) mass is 348 g/mol. The van der Waals surface area contributed by atoms with Gasteiger partial charge in [0.15, 0.2) is 6.61 Å². The van der Waals surface area contributed by atoms with E-state index in [-0.39, 0.29) is 13.2 Å². The maximum atomic E-state index is 12.1. The van der Waals surface area contributed by atoms with Crippen LogP contribution in [0.4, 0.5) is 0 Å².